The normalized spacial score (nSPS) is 10.8. The zero-order valence-electron chi connectivity index (χ0n) is 9.80. The lowest BCUT2D eigenvalue weighted by Crippen LogP contribution is -2.12. The van der Waals surface area contributed by atoms with Crippen molar-refractivity contribution < 1.29 is 4.79 Å². The Bertz CT molecular complexity index is 572. The average Bonchev–Trinajstić information content (AvgIpc) is 2.78. The van der Waals surface area contributed by atoms with E-state index < -0.39 is 0 Å². The van der Waals surface area contributed by atoms with E-state index in [1.807, 2.05) is 47.2 Å². The van der Waals surface area contributed by atoms with Crippen molar-refractivity contribution in [1.29, 1.82) is 0 Å². The molecule has 0 radical (unpaired) electrons. The summed E-state index contributed by atoms with van der Waals surface area (Å²) in [7, 11) is 0. The third-order valence-electron chi connectivity index (χ3n) is 2.30. The Morgan fingerprint density at radius 1 is 1.33 bits per heavy atom. The molecule has 0 aliphatic heterocycles. The van der Waals surface area contributed by atoms with Gasteiger partial charge in [0, 0.05) is 22.4 Å². The Morgan fingerprint density at radius 3 is 2.72 bits per heavy atom. The molecule has 5 heteroatoms. The molecule has 1 N–H and O–H groups in total. The van der Waals surface area contributed by atoms with E-state index in [2.05, 4.69) is 33.1 Å². The lowest BCUT2D eigenvalue weighted by molar-refractivity contribution is -0.118. The fourth-order valence-corrected chi connectivity index (χ4v) is 1.89. The Balaban J connectivity index is 2.24. The number of carbonyl (C=O) groups is 1. The maximum Gasteiger partial charge on any atom is 0.236 e. The van der Waals surface area contributed by atoms with Gasteiger partial charge < -0.3 is 4.57 Å². The van der Waals surface area contributed by atoms with Gasteiger partial charge in [-0.1, -0.05) is 0 Å². The third-order valence-corrected chi connectivity index (χ3v) is 3.02. The van der Waals surface area contributed by atoms with Gasteiger partial charge in [0.25, 0.3) is 0 Å². The van der Waals surface area contributed by atoms with Gasteiger partial charge in [0.15, 0.2) is 0 Å². The first-order chi connectivity index (χ1) is 8.66. The van der Waals surface area contributed by atoms with Gasteiger partial charge in [-0.3, -0.25) is 4.79 Å². The SMILES string of the molecule is CC(=O)N/N=C\c1cccn1-c1ccc(I)cc1. The summed E-state index contributed by atoms with van der Waals surface area (Å²) in [6, 6.07) is 12.0. The van der Waals surface area contributed by atoms with Gasteiger partial charge in [-0.25, -0.2) is 5.43 Å². The number of aromatic nitrogens is 1. The van der Waals surface area contributed by atoms with Crippen LogP contribution >= 0.6 is 22.6 Å². The molecule has 0 bridgehead atoms. The van der Waals surface area contributed by atoms with Crippen LogP contribution in [0.1, 0.15) is 12.6 Å². The van der Waals surface area contributed by atoms with Crippen molar-refractivity contribution >= 4 is 34.7 Å². The van der Waals surface area contributed by atoms with Crippen LogP contribution < -0.4 is 5.43 Å². The number of hydrogen-bond donors (Lipinski definition) is 1. The topological polar surface area (TPSA) is 46.4 Å². The van der Waals surface area contributed by atoms with E-state index in [9.17, 15) is 4.79 Å². The van der Waals surface area contributed by atoms with Crippen LogP contribution in [0, 0.1) is 3.57 Å². The van der Waals surface area contributed by atoms with Crippen molar-refractivity contribution in [3.8, 4) is 5.69 Å². The highest BCUT2D eigenvalue weighted by Gasteiger charge is 2.00. The lowest BCUT2D eigenvalue weighted by atomic mass is 10.3. The number of amides is 1. The lowest BCUT2D eigenvalue weighted by Gasteiger charge is -2.06. The van der Waals surface area contributed by atoms with Crippen LogP contribution in [-0.4, -0.2) is 16.7 Å². The molecule has 1 amide bonds. The van der Waals surface area contributed by atoms with Crippen molar-refractivity contribution in [1.82, 2.24) is 9.99 Å². The molecule has 0 unspecified atom stereocenters. The first-order valence-corrected chi connectivity index (χ1v) is 6.47. The minimum atomic E-state index is -0.182. The minimum absolute atomic E-state index is 0.182. The molecule has 0 aliphatic carbocycles. The van der Waals surface area contributed by atoms with Crippen molar-refractivity contribution in [3.63, 3.8) is 0 Å². The summed E-state index contributed by atoms with van der Waals surface area (Å²) in [4.78, 5) is 10.7. The monoisotopic (exact) mass is 353 g/mol. The first kappa shape index (κ1) is 12.8. The van der Waals surface area contributed by atoms with Crippen molar-refractivity contribution in [2.75, 3.05) is 0 Å². The highest BCUT2D eigenvalue weighted by atomic mass is 127. The van der Waals surface area contributed by atoms with E-state index >= 15 is 0 Å². The highest BCUT2D eigenvalue weighted by molar-refractivity contribution is 14.1. The zero-order valence-corrected chi connectivity index (χ0v) is 12.0. The van der Waals surface area contributed by atoms with Crippen LogP contribution in [0.15, 0.2) is 47.7 Å². The van der Waals surface area contributed by atoms with Crippen LogP contribution in [0.3, 0.4) is 0 Å². The Kier molecular flexibility index (Phi) is 4.14. The highest BCUT2D eigenvalue weighted by Crippen LogP contribution is 2.13. The molecule has 1 aromatic heterocycles. The molecule has 92 valence electrons. The molecule has 0 atom stereocenters. The van der Waals surface area contributed by atoms with E-state index in [1.54, 1.807) is 6.21 Å². The summed E-state index contributed by atoms with van der Waals surface area (Å²) in [5, 5.41) is 3.87. The fourth-order valence-electron chi connectivity index (χ4n) is 1.53. The number of rotatable bonds is 3. The molecule has 0 fully saturated rings. The smallest absolute Gasteiger partial charge is 0.236 e. The average molecular weight is 353 g/mol. The van der Waals surface area contributed by atoms with Gasteiger partial charge >= 0.3 is 0 Å². The summed E-state index contributed by atoms with van der Waals surface area (Å²) in [5.41, 5.74) is 4.35. The summed E-state index contributed by atoms with van der Waals surface area (Å²) < 4.78 is 3.19. The summed E-state index contributed by atoms with van der Waals surface area (Å²) in [5.74, 6) is -0.182. The van der Waals surface area contributed by atoms with Crippen molar-refractivity contribution in [2.24, 2.45) is 5.10 Å². The maximum absolute atomic E-state index is 10.7. The molecule has 4 nitrogen and oxygen atoms in total. The molecule has 1 heterocycles. The molecule has 0 aliphatic rings. The fraction of sp³-hybridized carbons (Fsp3) is 0.0769. The molecular weight excluding hydrogens is 341 g/mol. The minimum Gasteiger partial charge on any atom is -0.316 e. The summed E-state index contributed by atoms with van der Waals surface area (Å²) in [6.45, 7) is 1.43. The third kappa shape index (κ3) is 3.19. The second kappa shape index (κ2) is 5.81. The van der Waals surface area contributed by atoms with Crippen LogP contribution in [0.5, 0.6) is 0 Å². The largest absolute Gasteiger partial charge is 0.316 e. The molecule has 2 rings (SSSR count). The number of carbonyl (C=O) groups excluding carboxylic acids is 1. The standard InChI is InChI=1S/C13H12IN3O/c1-10(18)16-15-9-13-3-2-8-17(13)12-6-4-11(14)5-7-12/h2-9H,1H3,(H,16,18)/b15-9-. The Hall–Kier alpha value is -1.63. The second-order valence-electron chi connectivity index (χ2n) is 3.71. The zero-order chi connectivity index (χ0) is 13.0. The maximum atomic E-state index is 10.7. The van der Waals surface area contributed by atoms with E-state index in [1.165, 1.54) is 10.5 Å². The van der Waals surface area contributed by atoms with Crippen LogP contribution in [0.25, 0.3) is 5.69 Å². The summed E-state index contributed by atoms with van der Waals surface area (Å²) >= 11 is 2.27. The second-order valence-corrected chi connectivity index (χ2v) is 4.95. The van der Waals surface area contributed by atoms with Crippen LogP contribution in [-0.2, 0) is 4.79 Å². The van der Waals surface area contributed by atoms with Gasteiger partial charge in [-0.2, -0.15) is 5.10 Å². The molecule has 1 aromatic carbocycles. The van der Waals surface area contributed by atoms with E-state index in [4.69, 9.17) is 0 Å². The summed E-state index contributed by atoms with van der Waals surface area (Å²) in [6.07, 6.45) is 3.58. The van der Waals surface area contributed by atoms with Gasteiger partial charge in [0.05, 0.1) is 11.9 Å². The van der Waals surface area contributed by atoms with Gasteiger partial charge in [-0.05, 0) is 59.0 Å². The number of benzene rings is 1. The quantitative estimate of drug-likeness (QED) is 0.515. The van der Waals surface area contributed by atoms with Crippen molar-refractivity contribution in [2.45, 2.75) is 6.92 Å². The van der Waals surface area contributed by atoms with E-state index in [-0.39, 0.29) is 5.91 Å². The Morgan fingerprint density at radius 2 is 2.06 bits per heavy atom. The van der Waals surface area contributed by atoms with E-state index in [0.29, 0.717) is 0 Å². The molecule has 18 heavy (non-hydrogen) atoms. The molecule has 2 aromatic rings. The predicted molar refractivity (Wildman–Crippen MR) is 79.9 cm³/mol. The molecule has 0 spiro atoms. The predicted octanol–water partition coefficient (Wildman–Crippen LogP) is 2.55. The van der Waals surface area contributed by atoms with Crippen LogP contribution in [0.2, 0.25) is 0 Å². The molecule has 0 saturated heterocycles. The Labute approximate surface area is 119 Å². The van der Waals surface area contributed by atoms with Gasteiger partial charge in [0.2, 0.25) is 5.91 Å². The first-order valence-electron chi connectivity index (χ1n) is 5.40. The number of nitrogens with one attached hydrogen (secondary N) is 1. The molecule has 0 saturated carbocycles. The number of hydrazone groups is 1. The molecular formula is C13H12IN3O. The van der Waals surface area contributed by atoms with Crippen LogP contribution in [0.4, 0.5) is 0 Å². The van der Waals surface area contributed by atoms with Crippen molar-refractivity contribution in [3.05, 3.63) is 51.9 Å². The van der Waals surface area contributed by atoms with Gasteiger partial charge in [-0.15, -0.1) is 0 Å². The number of nitrogens with zero attached hydrogens (tertiary/aromatic N) is 2. The number of hydrogen-bond acceptors (Lipinski definition) is 2. The van der Waals surface area contributed by atoms with Gasteiger partial charge in [0.1, 0.15) is 0 Å². The van der Waals surface area contributed by atoms with E-state index in [0.717, 1.165) is 11.4 Å². The number of halogens is 1.